The second-order valence-corrected chi connectivity index (χ2v) is 7.02. The lowest BCUT2D eigenvalue weighted by Crippen LogP contribution is -2.17. The van der Waals surface area contributed by atoms with Gasteiger partial charge in [0.25, 0.3) is 0 Å². The van der Waals surface area contributed by atoms with E-state index in [0.717, 1.165) is 0 Å². The van der Waals surface area contributed by atoms with E-state index in [9.17, 15) is 0 Å². The predicted molar refractivity (Wildman–Crippen MR) is 85.9 cm³/mol. The summed E-state index contributed by atoms with van der Waals surface area (Å²) in [5.41, 5.74) is 1.34. The molecule has 2 rings (SSSR count). The van der Waals surface area contributed by atoms with E-state index in [1.54, 1.807) is 11.8 Å². The first-order valence-corrected chi connectivity index (χ1v) is 8.56. The average Bonchev–Trinajstić information content (AvgIpc) is 2.70. The van der Waals surface area contributed by atoms with Crippen molar-refractivity contribution >= 4 is 39.0 Å². The molecule has 1 aromatic heterocycles. The summed E-state index contributed by atoms with van der Waals surface area (Å²) >= 11 is 7.30. The van der Waals surface area contributed by atoms with Crippen molar-refractivity contribution in [2.24, 2.45) is 0 Å². The fourth-order valence-electron chi connectivity index (χ4n) is 2.03. The smallest absolute Gasteiger partial charge is 0.0691 e. The number of nitrogens with one attached hydrogen (secondary N) is 1. The lowest BCUT2D eigenvalue weighted by molar-refractivity contribution is 0.689. The van der Waals surface area contributed by atoms with Gasteiger partial charge in [0.05, 0.1) is 6.04 Å². The minimum Gasteiger partial charge on any atom is -0.309 e. The van der Waals surface area contributed by atoms with Crippen LogP contribution in [-0.2, 0) is 0 Å². The second kappa shape index (κ2) is 6.24. The third kappa shape index (κ3) is 2.82. The largest absolute Gasteiger partial charge is 0.309 e. The zero-order chi connectivity index (χ0) is 13.1. The van der Waals surface area contributed by atoms with Gasteiger partial charge in [0.15, 0.2) is 0 Å². The van der Waals surface area contributed by atoms with Gasteiger partial charge >= 0.3 is 0 Å². The molecule has 0 spiro atoms. The second-order valence-electron chi connectivity index (χ2n) is 4.03. The highest BCUT2D eigenvalue weighted by Gasteiger charge is 2.19. The molecule has 0 saturated carbocycles. The summed E-state index contributed by atoms with van der Waals surface area (Å²) in [4.78, 5) is 4.00. The molecular formula is C14H16BrNS2. The molecule has 1 unspecified atom stereocenters. The first kappa shape index (κ1) is 14.1. The molecule has 0 fully saturated rings. The topological polar surface area (TPSA) is 12.0 Å². The molecule has 1 atom stereocenters. The highest BCUT2D eigenvalue weighted by molar-refractivity contribution is 9.10. The van der Waals surface area contributed by atoms with Gasteiger partial charge in [0, 0.05) is 19.1 Å². The molecule has 1 heterocycles. The van der Waals surface area contributed by atoms with Gasteiger partial charge in [-0.25, -0.2) is 0 Å². The van der Waals surface area contributed by atoms with E-state index in [1.807, 2.05) is 18.4 Å². The van der Waals surface area contributed by atoms with Gasteiger partial charge < -0.3 is 5.32 Å². The number of thioether (sulfide) groups is 1. The SMILES string of the molecule is CNC(c1ccccc1SC)c1sc(C)cc1Br. The van der Waals surface area contributed by atoms with Crippen LogP contribution in [0.5, 0.6) is 0 Å². The fourth-order valence-corrected chi connectivity index (χ4v) is 4.68. The van der Waals surface area contributed by atoms with Crippen molar-refractivity contribution in [2.45, 2.75) is 17.9 Å². The highest BCUT2D eigenvalue weighted by atomic mass is 79.9. The molecule has 18 heavy (non-hydrogen) atoms. The predicted octanol–water partition coefficient (Wildman–Crippen LogP) is 4.85. The molecule has 0 aliphatic carbocycles. The molecule has 1 aromatic carbocycles. The van der Waals surface area contributed by atoms with Gasteiger partial charge in [-0.3, -0.25) is 0 Å². The van der Waals surface area contributed by atoms with Gasteiger partial charge in [0.1, 0.15) is 0 Å². The minimum atomic E-state index is 0.252. The Bertz CT molecular complexity index is 536. The summed E-state index contributed by atoms with van der Waals surface area (Å²) in [6, 6.07) is 11.0. The van der Waals surface area contributed by atoms with E-state index in [0.29, 0.717) is 0 Å². The van der Waals surface area contributed by atoms with Crippen LogP contribution in [0.15, 0.2) is 39.7 Å². The third-order valence-electron chi connectivity index (χ3n) is 2.84. The van der Waals surface area contributed by atoms with Crippen molar-refractivity contribution in [1.82, 2.24) is 5.32 Å². The molecule has 1 N–H and O–H groups in total. The molecule has 96 valence electrons. The quantitative estimate of drug-likeness (QED) is 0.797. The van der Waals surface area contributed by atoms with E-state index < -0.39 is 0 Å². The highest BCUT2D eigenvalue weighted by Crippen LogP contribution is 2.38. The van der Waals surface area contributed by atoms with Crippen LogP contribution in [0.3, 0.4) is 0 Å². The van der Waals surface area contributed by atoms with Crippen molar-refractivity contribution in [3.8, 4) is 0 Å². The van der Waals surface area contributed by atoms with E-state index in [4.69, 9.17) is 0 Å². The van der Waals surface area contributed by atoms with Crippen LogP contribution >= 0.6 is 39.0 Å². The maximum atomic E-state index is 3.67. The van der Waals surface area contributed by atoms with Crippen molar-refractivity contribution in [3.63, 3.8) is 0 Å². The molecule has 0 radical (unpaired) electrons. The lowest BCUT2D eigenvalue weighted by atomic mass is 10.1. The molecule has 2 aromatic rings. The van der Waals surface area contributed by atoms with Gasteiger partial charge in [-0.1, -0.05) is 18.2 Å². The molecule has 0 aliphatic heterocycles. The Morgan fingerprint density at radius 2 is 2.06 bits per heavy atom. The molecule has 1 nitrogen and oxygen atoms in total. The van der Waals surface area contributed by atoms with E-state index >= 15 is 0 Å². The molecule has 4 heteroatoms. The van der Waals surface area contributed by atoms with Crippen LogP contribution in [0.2, 0.25) is 0 Å². The third-order valence-corrected chi connectivity index (χ3v) is 5.68. The van der Waals surface area contributed by atoms with Gasteiger partial charge in [-0.15, -0.1) is 23.1 Å². The van der Waals surface area contributed by atoms with Crippen LogP contribution in [-0.4, -0.2) is 13.3 Å². The van der Waals surface area contributed by atoms with E-state index in [2.05, 4.69) is 64.8 Å². The number of thiophene rings is 1. The van der Waals surface area contributed by atoms with Crippen LogP contribution in [0.4, 0.5) is 0 Å². The van der Waals surface area contributed by atoms with Crippen LogP contribution in [0.1, 0.15) is 21.4 Å². The Balaban J connectivity index is 2.48. The Morgan fingerprint density at radius 1 is 1.33 bits per heavy atom. The summed E-state index contributed by atoms with van der Waals surface area (Å²) in [6.45, 7) is 2.14. The molecule has 0 amide bonds. The van der Waals surface area contributed by atoms with E-state index in [1.165, 1.54) is 24.7 Å². The number of rotatable bonds is 4. The molecule has 0 aliphatic rings. The van der Waals surface area contributed by atoms with Gasteiger partial charge in [-0.05, 0) is 53.9 Å². The maximum Gasteiger partial charge on any atom is 0.0691 e. The zero-order valence-corrected chi connectivity index (χ0v) is 13.9. The van der Waals surface area contributed by atoms with Gasteiger partial charge in [-0.2, -0.15) is 0 Å². The number of hydrogen-bond donors (Lipinski definition) is 1. The number of benzene rings is 1. The number of hydrogen-bond acceptors (Lipinski definition) is 3. The molecule has 0 bridgehead atoms. The van der Waals surface area contributed by atoms with Crippen molar-refractivity contribution in [2.75, 3.05) is 13.3 Å². The Morgan fingerprint density at radius 3 is 2.61 bits per heavy atom. The van der Waals surface area contributed by atoms with Crippen molar-refractivity contribution in [1.29, 1.82) is 0 Å². The number of halogens is 1. The summed E-state index contributed by atoms with van der Waals surface area (Å²) in [5, 5.41) is 3.43. The summed E-state index contributed by atoms with van der Waals surface area (Å²) in [7, 11) is 2.02. The van der Waals surface area contributed by atoms with Crippen LogP contribution in [0, 0.1) is 6.92 Å². The standard InChI is InChI=1S/C14H16BrNS2/c1-9-8-11(15)14(18-9)13(16-2)10-6-4-5-7-12(10)17-3/h4-8,13,16H,1-3H3. The number of aryl methyl sites for hydroxylation is 1. The first-order valence-electron chi connectivity index (χ1n) is 5.73. The Hall–Kier alpha value is -0.290. The average molecular weight is 342 g/mol. The summed E-state index contributed by atoms with van der Waals surface area (Å²) < 4.78 is 1.19. The zero-order valence-electron chi connectivity index (χ0n) is 10.7. The van der Waals surface area contributed by atoms with Crippen molar-refractivity contribution in [3.05, 3.63) is 50.1 Å². The summed E-state index contributed by atoms with van der Waals surface area (Å²) in [6.07, 6.45) is 2.13. The first-order chi connectivity index (χ1) is 8.67. The Kier molecular flexibility index (Phi) is 4.90. The summed E-state index contributed by atoms with van der Waals surface area (Å²) in [5.74, 6) is 0. The fraction of sp³-hybridized carbons (Fsp3) is 0.286. The monoisotopic (exact) mass is 341 g/mol. The van der Waals surface area contributed by atoms with Crippen molar-refractivity contribution < 1.29 is 0 Å². The van der Waals surface area contributed by atoms with Gasteiger partial charge in [0.2, 0.25) is 0 Å². The Labute approximate surface area is 125 Å². The molecule has 0 saturated heterocycles. The van der Waals surface area contributed by atoms with E-state index in [-0.39, 0.29) is 6.04 Å². The van der Waals surface area contributed by atoms with Crippen LogP contribution < -0.4 is 5.32 Å². The normalized spacial score (nSPS) is 12.7. The minimum absolute atomic E-state index is 0.252. The van der Waals surface area contributed by atoms with Crippen LogP contribution in [0.25, 0.3) is 0 Å². The maximum absolute atomic E-state index is 3.67. The lowest BCUT2D eigenvalue weighted by Gasteiger charge is -2.18. The molecular weight excluding hydrogens is 326 g/mol.